The van der Waals surface area contributed by atoms with Crippen molar-refractivity contribution in [3.05, 3.63) is 29.8 Å². The van der Waals surface area contributed by atoms with E-state index in [4.69, 9.17) is 5.73 Å². The zero-order chi connectivity index (χ0) is 14.5. The van der Waals surface area contributed by atoms with Gasteiger partial charge < -0.3 is 5.73 Å². The molecule has 0 saturated heterocycles. The number of benzene rings is 1. The van der Waals surface area contributed by atoms with E-state index in [1.807, 2.05) is 6.07 Å². The van der Waals surface area contributed by atoms with E-state index in [1.54, 1.807) is 44.1 Å². The number of hydrogen-bond donors (Lipinski definition) is 1. The van der Waals surface area contributed by atoms with Gasteiger partial charge in [-0.2, -0.15) is 11.8 Å². The van der Waals surface area contributed by atoms with Gasteiger partial charge in [0.15, 0.2) is 0 Å². The zero-order valence-electron chi connectivity index (χ0n) is 11.7. The number of sulfonamides is 1. The Kier molecular flexibility index (Phi) is 6.32. The van der Waals surface area contributed by atoms with E-state index in [2.05, 4.69) is 6.92 Å². The summed E-state index contributed by atoms with van der Waals surface area (Å²) in [5.74, 6) is 2.28. The summed E-state index contributed by atoms with van der Waals surface area (Å²) in [5, 5.41) is 0. The lowest BCUT2D eigenvalue weighted by atomic mass is 10.2. The topological polar surface area (TPSA) is 63.4 Å². The van der Waals surface area contributed by atoms with Crippen LogP contribution in [0.5, 0.6) is 0 Å². The number of thioether (sulfide) groups is 1. The summed E-state index contributed by atoms with van der Waals surface area (Å²) in [5.41, 5.74) is 6.59. The molecule has 1 rings (SSSR count). The van der Waals surface area contributed by atoms with Crippen LogP contribution in [0, 0.1) is 5.92 Å². The van der Waals surface area contributed by atoms with E-state index < -0.39 is 10.0 Å². The second-order valence-electron chi connectivity index (χ2n) is 4.79. The second-order valence-corrected chi connectivity index (χ2v) is 7.97. The molecule has 6 heteroatoms. The van der Waals surface area contributed by atoms with Crippen LogP contribution in [-0.4, -0.2) is 39.1 Å². The standard InChI is InChI=1S/C13H22N2O2S2/c1-11(8-14)9-18-10-12-5-4-6-13(7-12)19(16,17)15(2)3/h4-7,11H,8-10,14H2,1-3H3. The van der Waals surface area contributed by atoms with Crippen molar-refractivity contribution >= 4 is 21.8 Å². The minimum absolute atomic E-state index is 0.350. The molecular weight excluding hydrogens is 280 g/mol. The number of hydrogen-bond acceptors (Lipinski definition) is 4. The summed E-state index contributed by atoms with van der Waals surface area (Å²) in [6.45, 7) is 2.79. The van der Waals surface area contributed by atoms with Crippen LogP contribution in [0.15, 0.2) is 29.2 Å². The number of nitrogens with two attached hydrogens (primary N) is 1. The summed E-state index contributed by atoms with van der Waals surface area (Å²) in [6.07, 6.45) is 0. The third kappa shape index (κ3) is 4.80. The first kappa shape index (κ1) is 16.5. The van der Waals surface area contributed by atoms with Gasteiger partial charge in [-0.15, -0.1) is 0 Å². The molecule has 1 atom stereocenters. The SMILES string of the molecule is CC(CN)CSCc1cccc(S(=O)(=O)N(C)C)c1. The van der Waals surface area contributed by atoms with Crippen LogP contribution in [0.25, 0.3) is 0 Å². The molecule has 19 heavy (non-hydrogen) atoms. The average molecular weight is 302 g/mol. The third-order valence-corrected chi connectivity index (χ3v) is 5.90. The van der Waals surface area contributed by atoms with Crippen molar-refractivity contribution < 1.29 is 8.42 Å². The molecule has 0 saturated carbocycles. The fourth-order valence-electron chi connectivity index (χ4n) is 1.45. The first-order valence-corrected chi connectivity index (χ1v) is 8.76. The highest BCUT2D eigenvalue weighted by molar-refractivity contribution is 7.98. The molecule has 0 aliphatic carbocycles. The predicted octanol–water partition coefficient (Wildman–Crippen LogP) is 1.76. The van der Waals surface area contributed by atoms with Gasteiger partial charge in [-0.1, -0.05) is 19.1 Å². The van der Waals surface area contributed by atoms with Crippen molar-refractivity contribution in [2.75, 3.05) is 26.4 Å². The highest BCUT2D eigenvalue weighted by Gasteiger charge is 2.17. The van der Waals surface area contributed by atoms with Crippen LogP contribution in [0.4, 0.5) is 0 Å². The molecule has 0 fully saturated rings. The van der Waals surface area contributed by atoms with E-state index >= 15 is 0 Å². The minimum Gasteiger partial charge on any atom is -0.330 e. The molecule has 1 aromatic carbocycles. The molecule has 0 aliphatic rings. The first-order valence-electron chi connectivity index (χ1n) is 6.17. The Morgan fingerprint density at radius 2 is 2.05 bits per heavy atom. The van der Waals surface area contributed by atoms with Gasteiger partial charge in [0.25, 0.3) is 0 Å². The van der Waals surface area contributed by atoms with Gasteiger partial charge >= 0.3 is 0 Å². The largest absolute Gasteiger partial charge is 0.330 e. The van der Waals surface area contributed by atoms with Crippen molar-refractivity contribution in [1.29, 1.82) is 0 Å². The van der Waals surface area contributed by atoms with Crippen LogP contribution in [0.3, 0.4) is 0 Å². The van der Waals surface area contributed by atoms with Crippen molar-refractivity contribution in [2.45, 2.75) is 17.6 Å². The van der Waals surface area contributed by atoms with Crippen molar-refractivity contribution in [1.82, 2.24) is 4.31 Å². The molecule has 0 amide bonds. The smallest absolute Gasteiger partial charge is 0.242 e. The van der Waals surface area contributed by atoms with E-state index in [0.717, 1.165) is 17.1 Å². The van der Waals surface area contributed by atoms with Gasteiger partial charge in [0, 0.05) is 19.8 Å². The summed E-state index contributed by atoms with van der Waals surface area (Å²) in [6, 6.07) is 7.12. The van der Waals surface area contributed by atoms with Gasteiger partial charge in [-0.3, -0.25) is 0 Å². The normalized spacial score (nSPS) is 13.7. The van der Waals surface area contributed by atoms with Gasteiger partial charge in [0.1, 0.15) is 0 Å². The Bertz CT molecular complexity index is 501. The highest BCUT2D eigenvalue weighted by atomic mass is 32.2. The Hall–Kier alpha value is -0.560. The lowest BCUT2D eigenvalue weighted by molar-refractivity contribution is 0.520. The molecule has 1 unspecified atom stereocenters. The Labute approximate surface area is 120 Å². The molecule has 0 aromatic heterocycles. The molecule has 0 radical (unpaired) electrons. The zero-order valence-corrected chi connectivity index (χ0v) is 13.3. The lowest BCUT2D eigenvalue weighted by Crippen LogP contribution is -2.22. The fourth-order valence-corrected chi connectivity index (χ4v) is 3.50. The van der Waals surface area contributed by atoms with Crippen LogP contribution < -0.4 is 5.73 Å². The van der Waals surface area contributed by atoms with Gasteiger partial charge in [0.2, 0.25) is 10.0 Å². The Morgan fingerprint density at radius 1 is 1.37 bits per heavy atom. The third-order valence-electron chi connectivity index (χ3n) is 2.75. The van der Waals surface area contributed by atoms with Crippen LogP contribution in [0.2, 0.25) is 0 Å². The van der Waals surface area contributed by atoms with Crippen LogP contribution in [-0.2, 0) is 15.8 Å². The van der Waals surface area contributed by atoms with Crippen LogP contribution >= 0.6 is 11.8 Å². The summed E-state index contributed by atoms with van der Waals surface area (Å²) < 4.78 is 25.3. The quantitative estimate of drug-likeness (QED) is 0.833. The second kappa shape index (κ2) is 7.28. The molecule has 0 spiro atoms. The van der Waals surface area contributed by atoms with Crippen molar-refractivity contribution in [2.24, 2.45) is 11.7 Å². The van der Waals surface area contributed by atoms with E-state index in [0.29, 0.717) is 17.4 Å². The van der Waals surface area contributed by atoms with Crippen molar-refractivity contribution in [3.63, 3.8) is 0 Å². The van der Waals surface area contributed by atoms with Gasteiger partial charge in [-0.25, -0.2) is 12.7 Å². The summed E-state index contributed by atoms with van der Waals surface area (Å²) in [7, 11) is -0.259. The highest BCUT2D eigenvalue weighted by Crippen LogP contribution is 2.19. The molecule has 4 nitrogen and oxygen atoms in total. The molecule has 0 aliphatic heterocycles. The van der Waals surface area contributed by atoms with E-state index in [-0.39, 0.29) is 0 Å². The Morgan fingerprint density at radius 3 is 2.63 bits per heavy atom. The maximum absolute atomic E-state index is 12.0. The number of nitrogens with zero attached hydrogens (tertiary/aromatic N) is 1. The lowest BCUT2D eigenvalue weighted by Gasteiger charge is -2.12. The molecule has 0 heterocycles. The Balaban J connectivity index is 2.73. The van der Waals surface area contributed by atoms with E-state index in [1.165, 1.54) is 4.31 Å². The predicted molar refractivity (Wildman–Crippen MR) is 81.7 cm³/mol. The van der Waals surface area contributed by atoms with E-state index in [9.17, 15) is 8.42 Å². The van der Waals surface area contributed by atoms with Gasteiger partial charge in [0.05, 0.1) is 4.90 Å². The average Bonchev–Trinajstić information content (AvgIpc) is 2.38. The molecular formula is C13H22N2O2S2. The summed E-state index contributed by atoms with van der Waals surface area (Å²) in [4.78, 5) is 0.350. The first-order chi connectivity index (χ1) is 8.87. The minimum atomic E-state index is -3.34. The monoisotopic (exact) mass is 302 g/mol. The summed E-state index contributed by atoms with van der Waals surface area (Å²) >= 11 is 1.78. The number of rotatable bonds is 7. The fraction of sp³-hybridized carbons (Fsp3) is 0.538. The maximum atomic E-state index is 12.0. The van der Waals surface area contributed by atoms with Gasteiger partial charge in [-0.05, 0) is 35.9 Å². The molecule has 0 bridgehead atoms. The molecule has 1 aromatic rings. The van der Waals surface area contributed by atoms with Crippen LogP contribution in [0.1, 0.15) is 12.5 Å². The molecule has 2 N–H and O–H groups in total. The van der Waals surface area contributed by atoms with Crippen molar-refractivity contribution in [3.8, 4) is 0 Å². The molecule has 108 valence electrons. The maximum Gasteiger partial charge on any atom is 0.242 e.